The number of amides is 3. The summed E-state index contributed by atoms with van der Waals surface area (Å²) in [5, 5.41) is 10.3. The quantitative estimate of drug-likeness (QED) is 0.722. The standard InChI is InChI=1S/C21H20N2O5S/c1-2-14-5-3-4-6-16(14)23-20(27)17(29-21(23)28)12-18(24)22-15-9-7-13(8-10-15)11-19(25)26/h3-10,17H,2,11-12H2,1H3,(H,22,24)(H,25,26). The molecule has 0 saturated carbocycles. The maximum Gasteiger partial charge on any atom is 0.307 e. The van der Waals surface area contributed by atoms with Gasteiger partial charge < -0.3 is 10.4 Å². The Morgan fingerprint density at radius 1 is 1.10 bits per heavy atom. The largest absolute Gasteiger partial charge is 0.481 e. The van der Waals surface area contributed by atoms with Crippen LogP contribution in [0.15, 0.2) is 48.5 Å². The summed E-state index contributed by atoms with van der Waals surface area (Å²) in [6, 6.07) is 13.7. The van der Waals surface area contributed by atoms with E-state index in [1.165, 1.54) is 0 Å². The van der Waals surface area contributed by atoms with Crippen molar-refractivity contribution in [2.45, 2.75) is 31.4 Å². The molecule has 2 aromatic carbocycles. The molecular weight excluding hydrogens is 392 g/mol. The highest BCUT2D eigenvalue weighted by molar-refractivity contribution is 8.15. The number of carboxylic acids is 1. The van der Waals surface area contributed by atoms with Crippen molar-refractivity contribution in [3.05, 3.63) is 59.7 Å². The van der Waals surface area contributed by atoms with Crippen molar-refractivity contribution < 1.29 is 24.3 Å². The van der Waals surface area contributed by atoms with Crippen LogP contribution in [-0.2, 0) is 27.2 Å². The zero-order valence-electron chi connectivity index (χ0n) is 15.8. The molecule has 2 N–H and O–H groups in total. The lowest BCUT2D eigenvalue weighted by atomic mass is 10.1. The van der Waals surface area contributed by atoms with Crippen LogP contribution in [0.1, 0.15) is 24.5 Å². The van der Waals surface area contributed by atoms with Gasteiger partial charge in [-0.15, -0.1) is 0 Å². The molecule has 1 heterocycles. The predicted octanol–water partition coefficient (Wildman–Crippen LogP) is 3.47. The summed E-state index contributed by atoms with van der Waals surface area (Å²) in [5.74, 6) is -1.72. The number of benzene rings is 2. The van der Waals surface area contributed by atoms with E-state index in [4.69, 9.17) is 5.11 Å². The Morgan fingerprint density at radius 2 is 1.79 bits per heavy atom. The Kier molecular flexibility index (Phi) is 6.33. The second-order valence-corrected chi connectivity index (χ2v) is 7.70. The number of imide groups is 1. The summed E-state index contributed by atoms with van der Waals surface area (Å²) in [6.07, 6.45) is 0.455. The molecule has 1 fully saturated rings. The molecule has 150 valence electrons. The molecule has 0 spiro atoms. The van der Waals surface area contributed by atoms with E-state index < -0.39 is 17.1 Å². The van der Waals surface area contributed by atoms with E-state index >= 15 is 0 Å². The molecule has 8 heteroatoms. The average Bonchev–Trinajstić information content (AvgIpc) is 2.96. The number of hydrogen-bond acceptors (Lipinski definition) is 5. The monoisotopic (exact) mass is 412 g/mol. The summed E-state index contributed by atoms with van der Waals surface area (Å²) in [5.41, 5.74) is 2.57. The van der Waals surface area contributed by atoms with Crippen LogP contribution in [0.5, 0.6) is 0 Å². The number of carboxylic acid groups (broad SMARTS) is 1. The Balaban J connectivity index is 1.64. The van der Waals surface area contributed by atoms with Gasteiger partial charge in [-0.1, -0.05) is 37.3 Å². The van der Waals surface area contributed by atoms with E-state index in [9.17, 15) is 19.2 Å². The van der Waals surface area contributed by atoms with Crippen LogP contribution < -0.4 is 10.2 Å². The van der Waals surface area contributed by atoms with Gasteiger partial charge in [0.05, 0.1) is 12.1 Å². The van der Waals surface area contributed by atoms with E-state index in [0.29, 0.717) is 23.4 Å². The molecule has 1 saturated heterocycles. The molecule has 1 aliphatic heterocycles. The first-order valence-corrected chi connectivity index (χ1v) is 10.00. The topological polar surface area (TPSA) is 104 Å². The fourth-order valence-electron chi connectivity index (χ4n) is 3.09. The number of thioether (sulfide) groups is 1. The lowest BCUT2D eigenvalue weighted by Gasteiger charge is -2.17. The lowest BCUT2D eigenvalue weighted by molar-refractivity contribution is -0.136. The van der Waals surface area contributed by atoms with Gasteiger partial charge in [0.25, 0.3) is 5.24 Å². The summed E-state index contributed by atoms with van der Waals surface area (Å²) < 4.78 is 0. The first-order valence-electron chi connectivity index (χ1n) is 9.12. The van der Waals surface area contributed by atoms with E-state index in [-0.39, 0.29) is 24.0 Å². The third-order valence-corrected chi connectivity index (χ3v) is 5.54. The van der Waals surface area contributed by atoms with Gasteiger partial charge in [-0.2, -0.15) is 0 Å². The number of para-hydroxylation sites is 1. The van der Waals surface area contributed by atoms with Crippen LogP contribution in [0.3, 0.4) is 0 Å². The molecule has 0 aromatic heterocycles. The number of aliphatic carboxylic acids is 1. The third-order valence-electron chi connectivity index (χ3n) is 4.50. The highest BCUT2D eigenvalue weighted by Crippen LogP contribution is 2.35. The number of carbonyl (C=O) groups excluding carboxylic acids is 3. The Hall–Kier alpha value is -3.13. The van der Waals surface area contributed by atoms with Crippen molar-refractivity contribution >= 4 is 46.2 Å². The SMILES string of the molecule is CCc1ccccc1N1C(=O)SC(CC(=O)Nc2ccc(CC(=O)O)cc2)C1=O. The highest BCUT2D eigenvalue weighted by atomic mass is 32.2. The minimum Gasteiger partial charge on any atom is -0.481 e. The van der Waals surface area contributed by atoms with E-state index in [1.807, 2.05) is 19.1 Å². The van der Waals surface area contributed by atoms with E-state index in [2.05, 4.69) is 5.32 Å². The Bertz CT molecular complexity index is 958. The molecule has 3 amide bonds. The molecule has 29 heavy (non-hydrogen) atoms. The van der Waals surface area contributed by atoms with Crippen LogP contribution in [0.2, 0.25) is 0 Å². The van der Waals surface area contributed by atoms with Gasteiger partial charge in [-0.3, -0.25) is 19.2 Å². The third kappa shape index (κ3) is 4.83. The van der Waals surface area contributed by atoms with Crippen molar-refractivity contribution in [1.82, 2.24) is 0 Å². The van der Waals surface area contributed by atoms with Crippen LogP contribution in [-0.4, -0.2) is 33.4 Å². The van der Waals surface area contributed by atoms with Crippen molar-refractivity contribution in [1.29, 1.82) is 0 Å². The van der Waals surface area contributed by atoms with Gasteiger partial charge in [-0.25, -0.2) is 4.90 Å². The molecule has 2 aromatic rings. The van der Waals surface area contributed by atoms with Gasteiger partial charge in [-0.05, 0) is 47.5 Å². The Morgan fingerprint density at radius 3 is 2.45 bits per heavy atom. The number of nitrogens with one attached hydrogen (secondary N) is 1. The molecule has 0 bridgehead atoms. The molecule has 0 aliphatic carbocycles. The van der Waals surface area contributed by atoms with Crippen LogP contribution >= 0.6 is 11.8 Å². The number of aryl methyl sites for hydroxylation is 1. The molecule has 1 aliphatic rings. The summed E-state index contributed by atoms with van der Waals surface area (Å²) in [7, 11) is 0. The number of anilines is 2. The van der Waals surface area contributed by atoms with Gasteiger partial charge in [0.2, 0.25) is 11.8 Å². The smallest absolute Gasteiger partial charge is 0.307 e. The number of carbonyl (C=O) groups is 4. The first kappa shape index (κ1) is 20.6. The normalized spacial score (nSPS) is 16.2. The van der Waals surface area contributed by atoms with E-state index in [1.54, 1.807) is 36.4 Å². The van der Waals surface area contributed by atoms with Gasteiger partial charge >= 0.3 is 5.97 Å². The molecule has 0 radical (unpaired) electrons. The van der Waals surface area contributed by atoms with Crippen molar-refractivity contribution in [3.8, 4) is 0 Å². The minimum absolute atomic E-state index is 0.0986. The predicted molar refractivity (Wildman–Crippen MR) is 111 cm³/mol. The molecular formula is C21H20N2O5S. The van der Waals surface area contributed by atoms with Crippen LogP contribution in [0.25, 0.3) is 0 Å². The van der Waals surface area contributed by atoms with Gasteiger partial charge in [0.15, 0.2) is 0 Å². The second-order valence-electron chi connectivity index (χ2n) is 6.55. The summed E-state index contributed by atoms with van der Waals surface area (Å²) >= 11 is 0.855. The van der Waals surface area contributed by atoms with Crippen molar-refractivity contribution in [3.63, 3.8) is 0 Å². The molecule has 1 atom stereocenters. The second kappa shape index (κ2) is 8.91. The maximum absolute atomic E-state index is 12.8. The van der Waals surface area contributed by atoms with Crippen molar-refractivity contribution in [2.24, 2.45) is 0 Å². The Labute approximate surface area is 172 Å². The number of rotatable bonds is 7. The van der Waals surface area contributed by atoms with E-state index in [0.717, 1.165) is 22.2 Å². The molecule has 1 unspecified atom stereocenters. The number of hydrogen-bond donors (Lipinski definition) is 2. The average molecular weight is 412 g/mol. The number of nitrogens with zero attached hydrogens (tertiary/aromatic N) is 1. The fourth-order valence-corrected chi connectivity index (χ4v) is 4.07. The van der Waals surface area contributed by atoms with Crippen LogP contribution in [0.4, 0.5) is 16.2 Å². The summed E-state index contributed by atoms with van der Waals surface area (Å²) in [4.78, 5) is 49.4. The minimum atomic E-state index is -0.933. The van der Waals surface area contributed by atoms with Gasteiger partial charge in [0.1, 0.15) is 5.25 Å². The highest BCUT2D eigenvalue weighted by Gasteiger charge is 2.42. The fraction of sp³-hybridized carbons (Fsp3) is 0.238. The zero-order valence-corrected chi connectivity index (χ0v) is 16.6. The molecule has 7 nitrogen and oxygen atoms in total. The first-order chi connectivity index (χ1) is 13.9. The van der Waals surface area contributed by atoms with Crippen molar-refractivity contribution in [2.75, 3.05) is 10.2 Å². The lowest BCUT2D eigenvalue weighted by Crippen LogP contribution is -2.33. The zero-order chi connectivity index (χ0) is 21.0. The molecule has 3 rings (SSSR count). The summed E-state index contributed by atoms with van der Waals surface area (Å²) in [6.45, 7) is 1.95. The van der Waals surface area contributed by atoms with Crippen LogP contribution in [0, 0.1) is 0 Å². The maximum atomic E-state index is 12.8. The van der Waals surface area contributed by atoms with Gasteiger partial charge in [0, 0.05) is 12.1 Å².